The Hall–Kier alpha value is -0.170. The van der Waals surface area contributed by atoms with Crippen molar-refractivity contribution < 1.29 is 8.42 Å². The lowest BCUT2D eigenvalue weighted by molar-refractivity contribution is 0.249. The molecule has 1 heterocycles. The summed E-state index contributed by atoms with van der Waals surface area (Å²) < 4.78 is 28.9. The summed E-state index contributed by atoms with van der Waals surface area (Å²) >= 11 is 0. The Bertz CT molecular complexity index is 387. The topological polar surface area (TPSA) is 52.7 Å². The molecule has 0 radical (unpaired) electrons. The van der Waals surface area contributed by atoms with Crippen LogP contribution in [-0.4, -0.2) is 56.8 Å². The molecule has 2 fully saturated rings. The highest BCUT2D eigenvalue weighted by molar-refractivity contribution is 7.86. The Morgan fingerprint density at radius 1 is 1.15 bits per heavy atom. The third kappa shape index (κ3) is 4.16. The van der Waals surface area contributed by atoms with E-state index in [-0.39, 0.29) is 0 Å². The number of nitrogens with one attached hydrogen (secondary N) is 1. The van der Waals surface area contributed by atoms with Gasteiger partial charge in [0.15, 0.2) is 0 Å². The van der Waals surface area contributed by atoms with Crippen molar-refractivity contribution in [1.82, 2.24) is 13.9 Å². The first kappa shape index (κ1) is 16.2. The van der Waals surface area contributed by atoms with Gasteiger partial charge in [0.1, 0.15) is 0 Å². The molecule has 118 valence electrons. The second kappa shape index (κ2) is 7.20. The van der Waals surface area contributed by atoms with Crippen LogP contribution in [-0.2, 0) is 10.2 Å². The maximum absolute atomic E-state index is 12.7. The van der Waals surface area contributed by atoms with E-state index in [1.807, 2.05) is 7.05 Å². The van der Waals surface area contributed by atoms with E-state index in [0.717, 1.165) is 32.4 Å². The number of piperidine rings is 1. The van der Waals surface area contributed by atoms with Crippen LogP contribution in [0.3, 0.4) is 0 Å². The van der Waals surface area contributed by atoms with Crippen molar-refractivity contribution in [3.63, 3.8) is 0 Å². The van der Waals surface area contributed by atoms with E-state index < -0.39 is 10.2 Å². The SMILES string of the molecule is CCCN(CC1CC1)S(=O)(=O)N1CCC(CNC)CC1. The lowest BCUT2D eigenvalue weighted by Crippen LogP contribution is -2.48. The molecule has 0 atom stereocenters. The number of rotatable bonds is 8. The van der Waals surface area contributed by atoms with E-state index in [9.17, 15) is 8.42 Å². The first-order chi connectivity index (χ1) is 9.57. The van der Waals surface area contributed by atoms with Crippen LogP contribution in [0.4, 0.5) is 0 Å². The lowest BCUT2D eigenvalue weighted by atomic mass is 9.98. The van der Waals surface area contributed by atoms with Gasteiger partial charge in [0.25, 0.3) is 10.2 Å². The maximum Gasteiger partial charge on any atom is 0.281 e. The summed E-state index contributed by atoms with van der Waals surface area (Å²) in [5.74, 6) is 1.23. The fraction of sp³-hybridized carbons (Fsp3) is 1.00. The molecule has 1 aliphatic carbocycles. The van der Waals surface area contributed by atoms with Crippen molar-refractivity contribution in [2.45, 2.75) is 39.0 Å². The van der Waals surface area contributed by atoms with Crippen LogP contribution in [0.25, 0.3) is 0 Å². The molecule has 0 aromatic carbocycles. The molecule has 2 rings (SSSR count). The molecule has 0 aromatic rings. The van der Waals surface area contributed by atoms with E-state index in [1.54, 1.807) is 8.61 Å². The summed E-state index contributed by atoms with van der Waals surface area (Å²) in [7, 11) is -1.27. The molecule has 0 aromatic heterocycles. The van der Waals surface area contributed by atoms with Gasteiger partial charge < -0.3 is 5.32 Å². The summed E-state index contributed by atoms with van der Waals surface area (Å²) in [6.07, 6.45) is 5.23. The van der Waals surface area contributed by atoms with Crippen LogP contribution < -0.4 is 5.32 Å². The van der Waals surface area contributed by atoms with Gasteiger partial charge in [0.2, 0.25) is 0 Å². The summed E-state index contributed by atoms with van der Waals surface area (Å²) in [6, 6.07) is 0. The van der Waals surface area contributed by atoms with E-state index in [0.29, 0.717) is 31.5 Å². The molecule has 1 N–H and O–H groups in total. The fourth-order valence-corrected chi connectivity index (χ4v) is 4.75. The van der Waals surface area contributed by atoms with Crippen LogP contribution in [0.5, 0.6) is 0 Å². The van der Waals surface area contributed by atoms with Crippen LogP contribution in [0.2, 0.25) is 0 Å². The second-order valence-corrected chi connectivity index (χ2v) is 8.14. The first-order valence-electron chi connectivity index (χ1n) is 7.97. The fourth-order valence-electron chi connectivity index (χ4n) is 2.93. The van der Waals surface area contributed by atoms with E-state index in [1.165, 1.54) is 12.8 Å². The minimum absolute atomic E-state index is 0.609. The van der Waals surface area contributed by atoms with Gasteiger partial charge >= 0.3 is 0 Å². The highest BCUT2D eigenvalue weighted by atomic mass is 32.2. The van der Waals surface area contributed by atoms with Gasteiger partial charge in [-0.1, -0.05) is 6.92 Å². The van der Waals surface area contributed by atoms with Crippen molar-refractivity contribution in [3.05, 3.63) is 0 Å². The van der Waals surface area contributed by atoms with E-state index in [2.05, 4.69) is 12.2 Å². The smallest absolute Gasteiger partial charge is 0.281 e. The van der Waals surface area contributed by atoms with Crippen LogP contribution >= 0.6 is 0 Å². The van der Waals surface area contributed by atoms with Crippen LogP contribution in [0.1, 0.15) is 39.0 Å². The highest BCUT2D eigenvalue weighted by Gasteiger charge is 2.35. The molecule has 20 heavy (non-hydrogen) atoms. The van der Waals surface area contributed by atoms with Gasteiger partial charge in [-0.2, -0.15) is 17.0 Å². The van der Waals surface area contributed by atoms with E-state index in [4.69, 9.17) is 0 Å². The maximum atomic E-state index is 12.7. The summed E-state index contributed by atoms with van der Waals surface area (Å²) in [4.78, 5) is 0. The van der Waals surface area contributed by atoms with E-state index >= 15 is 0 Å². The largest absolute Gasteiger partial charge is 0.319 e. The lowest BCUT2D eigenvalue weighted by Gasteiger charge is -2.35. The molecule has 0 unspecified atom stereocenters. The van der Waals surface area contributed by atoms with Crippen molar-refractivity contribution in [3.8, 4) is 0 Å². The summed E-state index contributed by atoms with van der Waals surface area (Å²) in [6.45, 7) is 5.80. The van der Waals surface area contributed by atoms with Gasteiger partial charge in [-0.05, 0) is 57.5 Å². The van der Waals surface area contributed by atoms with Crippen molar-refractivity contribution in [2.24, 2.45) is 11.8 Å². The molecule has 0 amide bonds. The highest BCUT2D eigenvalue weighted by Crippen LogP contribution is 2.31. The minimum Gasteiger partial charge on any atom is -0.319 e. The zero-order valence-electron chi connectivity index (χ0n) is 12.8. The predicted octanol–water partition coefficient (Wildman–Crippen LogP) is 1.28. The zero-order valence-corrected chi connectivity index (χ0v) is 13.7. The second-order valence-electron chi connectivity index (χ2n) is 6.21. The normalized spacial score (nSPS) is 22.6. The molecule has 5 nitrogen and oxygen atoms in total. The Kier molecular flexibility index (Phi) is 5.84. The molecule has 6 heteroatoms. The van der Waals surface area contributed by atoms with Crippen LogP contribution in [0, 0.1) is 11.8 Å². The van der Waals surface area contributed by atoms with Crippen molar-refractivity contribution >= 4 is 10.2 Å². The Morgan fingerprint density at radius 2 is 1.80 bits per heavy atom. The Morgan fingerprint density at radius 3 is 2.30 bits per heavy atom. The van der Waals surface area contributed by atoms with Gasteiger partial charge in [0.05, 0.1) is 0 Å². The van der Waals surface area contributed by atoms with Gasteiger partial charge in [-0.3, -0.25) is 0 Å². The molecule has 1 saturated carbocycles. The molecule has 2 aliphatic rings. The van der Waals surface area contributed by atoms with Gasteiger partial charge in [-0.25, -0.2) is 0 Å². The van der Waals surface area contributed by atoms with Gasteiger partial charge in [0, 0.05) is 26.2 Å². The van der Waals surface area contributed by atoms with Crippen LogP contribution in [0.15, 0.2) is 0 Å². The predicted molar refractivity (Wildman–Crippen MR) is 81.7 cm³/mol. The average molecular weight is 303 g/mol. The molecule has 1 saturated heterocycles. The Balaban J connectivity index is 1.93. The zero-order chi connectivity index (χ0) is 14.6. The summed E-state index contributed by atoms with van der Waals surface area (Å²) in [5.41, 5.74) is 0. The molecule has 0 bridgehead atoms. The van der Waals surface area contributed by atoms with Crippen molar-refractivity contribution in [2.75, 3.05) is 39.8 Å². The Labute approximate surface area is 123 Å². The average Bonchev–Trinajstić information content (AvgIpc) is 3.23. The number of hydrogen-bond acceptors (Lipinski definition) is 3. The third-order valence-corrected chi connectivity index (χ3v) is 6.35. The summed E-state index contributed by atoms with van der Waals surface area (Å²) in [5, 5.41) is 3.19. The third-order valence-electron chi connectivity index (χ3n) is 4.35. The molecule has 0 spiro atoms. The molecular weight excluding hydrogens is 274 g/mol. The minimum atomic E-state index is -3.23. The molecule has 1 aliphatic heterocycles. The monoisotopic (exact) mass is 303 g/mol. The quantitative estimate of drug-likeness (QED) is 0.735. The van der Waals surface area contributed by atoms with Gasteiger partial charge in [-0.15, -0.1) is 0 Å². The number of hydrogen-bond donors (Lipinski definition) is 1. The molecular formula is C14H29N3O2S. The first-order valence-corrected chi connectivity index (χ1v) is 9.37. The van der Waals surface area contributed by atoms with Crippen molar-refractivity contribution in [1.29, 1.82) is 0 Å². The standard InChI is InChI=1S/C14H29N3O2S/c1-3-8-17(12-14-4-5-14)20(18,19)16-9-6-13(7-10-16)11-15-2/h13-15H,3-12H2,1-2H3. The number of nitrogens with zero attached hydrogens (tertiary/aromatic N) is 2.